The third-order valence-corrected chi connectivity index (χ3v) is 2.98. The van der Waals surface area contributed by atoms with Gasteiger partial charge in [0.2, 0.25) is 0 Å². The standard InChI is InChI=1S/C16H18N2O3/c1-19-14-4-6-15(7-5-14)21-11-13-9-12(10-18-17)3-8-16(13)20-2/h3-10H,11,17H2,1-2H3. The van der Waals surface area contributed by atoms with E-state index in [0.717, 1.165) is 28.4 Å². The Labute approximate surface area is 123 Å². The lowest BCUT2D eigenvalue weighted by molar-refractivity contribution is 0.296. The molecule has 0 aromatic heterocycles. The number of ether oxygens (including phenoxy) is 3. The summed E-state index contributed by atoms with van der Waals surface area (Å²) in [4.78, 5) is 0. The van der Waals surface area contributed by atoms with Gasteiger partial charge >= 0.3 is 0 Å². The van der Waals surface area contributed by atoms with E-state index in [-0.39, 0.29) is 0 Å². The van der Waals surface area contributed by atoms with Crippen LogP contribution in [-0.4, -0.2) is 20.4 Å². The molecule has 0 heterocycles. The molecule has 0 spiro atoms. The topological polar surface area (TPSA) is 66.1 Å². The summed E-state index contributed by atoms with van der Waals surface area (Å²) in [5, 5.41) is 3.52. The van der Waals surface area contributed by atoms with Crippen LogP contribution >= 0.6 is 0 Å². The zero-order valence-electron chi connectivity index (χ0n) is 12.1. The molecule has 110 valence electrons. The lowest BCUT2D eigenvalue weighted by atomic mass is 10.1. The summed E-state index contributed by atoms with van der Waals surface area (Å²) in [5.74, 6) is 7.48. The van der Waals surface area contributed by atoms with Crippen molar-refractivity contribution in [1.29, 1.82) is 0 Å². The van der Waals surface area contributed by atoms with Gasteiger partial charge < -0.3 is 20.1 Å². The van der Waals surface area contributed by atoms with Crippen molar-refractivity contribution < 1.29 is 14.2 Å². The molecule has 5 nitrogen and oxygen atoms in total. The van der Waals surface area contributed by atoms with Gasteiger partial charge in [-0.2, -0.15) is 5.10 Å². The SMILES string of the molecule is COc1ccc(OCc2cc(C=NN)ccc2OC)cc1. The van der Waals surface area contributed by atoms with Gasteiger partial charge in [-0.1, -0.05) is 0 Å². The Bertz CT molecular complexity index is 609. The van der Waals surface area contributed by atoms with Crippen LogP contribution in [0, 0.1) is 0 Å². The Balaban J connectivity index is 2.11. The van der Waals surface area contributed by atoms with Crippen LogP contribution in [0.1, 0.15) is 11.1 Å². The van der Waals surface area contributed by atoms with Gasteiger partial charge in [-0.05, 0) is 48.0 Å². The fourth-order valence-corrected chi connectivity index (χ4v) is 1.91. The maximum absolute atomic E-state index is 5.76. The highest BCUT2D eigenvalue weighted by atomic mass is 16.5. The molecule has 0 saturated carbocycles. The van der Waals surface area contributed by atoms with Crippen LogP contribution in [0.4, 0.5) is 0 Å². The van der Waals surface area contributed by atoms with Crippen LogP contribution < -0.4 is 20.1 Å². The Morgan fingerprint density at radius 1 is 1.00 bits per heavy atom. The Kier molecular flexibility index (Phi) is 5.04. The summed E-state index contributed by atoms with van der Waals surface area (Å²) in [5.41, 5.74) is 1.82. The van der Waals surface area contributed by atoms with E-state index in [4.69, 9.17) is 20.1 Å². The molecule has 2 rings (SSSR count). The molecule has 0 aliphatic heterocycles. The number of hydrogen-bond donors (Lipinski definition) is 1. The van der Waals surface area contributed by atoms with Gasteiger partial charge in [0, 0.05) is 5.56 Å². The summed E-state index contributed by atoms with van der Waals surface area (Å²) < 4.78 is 16.2. The number of nitrogens with two attached hydrogens (primary N) is 1. The van der Waals surface area contributed by atoms with E-state index in [9.17, 15) is 0 Å². The van der Waals surface area contributed by atoms with Crippen molar-refractivity contribution in [3.05, 3.63) is 53.6 Å². The predicted octanol–water partition coefficient (Wildman–Crippen LogP) is 2.58. The Morgan fingerprint density at radius 2 is 1.71 bits per heavy atom. The zero-order valence-corrected chi connectivity index (χ0v) is 12.1. The molecular weight excluding hydrogens is 268 g/mol. The fraction of sp³-hybridized carbons (Fsp3) is 0.188. The van der Waals surface area contributed by atoms with Gasteiger partial charge in [-0.3, -0.25) is 0 Å². The molecule has 0 aliphatic carbocycles. The van der Waals surface area contributed by atoms with E-state index in [1.54, 1.807) is 20.4 Å². The van der Waals surface area contributed by atoms with Crippen molar-refractivity contribution in [2.24, 2.45) is 10.9 Å². The van der Waals surface area contributed by atoms with Gasteiger partial charge in [0.1, 0.15) is 23.9 Å². The largest absolute Gasteiger partial charge is 0.497 e. The first kappa shape index (κ1) is 14.7. The van der Waals surface area contributed by atoms with E-state index < -0.39 is 0 Å². The highest BCUT2D eigenvalue weighted by Gasteiger charge is 2.05. The molecular formula is C16H18N2O3. The normalized spacial score (nSPS) is 10.6. The average Bonchev–Trinajstić information content (AvgIpc) is 2.54. The zero-order chi connectivity index (χ0) is 15.1. The number of nitrogens with zero attached hydrogens (tertiary/aromatic N) is 1. The first-order chi connectivity index (χ1) is 10.3. The fourth-order valence-electron chi connectivity index (χ4n) is 1.91. The number of hydrogen-bond acceptors (Lipinski definition) is 5. The molecule has 2 aromatic carbocycles. The van der Waals surface area contributed by atoms with E-state index in [1.165, 1.54) is 0 Å². The van der Waals surface area contributed by atoms with Crippen molar-refractivity contribution in [3.8, 4) is 17.2 Å². The van der Waals surface area contributed by atoms with E-state index in [0.29, 0.717) is 6.61 Å². The van der Waals surface area contributed by atoms with Gasteiger partial charge in [0.05, 0.1) is 20.4 Å². The summed E-state index contributed by atoms with van der Waals surface area (Å²) >= 11 is 0. The molecule has 0 radical (unpaired) electrons. The summed E-state index contributed by atoms with van der Waals surface area (Å²) in [6.45, 7) is 0.391. The van der Waals surface area contributed by atoms with Crippen molar-refractivity contribution in [1.82, 2.24) is 0 Å². The van der Waals surface area contributed by atoms with Crippen LogP contribution in [0.5, 0.6) is 17.2 Å². The lowest BCUT2D eigenvalue weighted by Crippen LogP contribution is -2.00. The first-order valence-corrected chi connectivity index (χ1v) is 6.44. The van der Waals surface area contributed by atoms with Crippen molar-refractivity contribution >= 4 is 6.21 Å². The lowest BCUT2D eigenvalue weighted by Gasteiger charge is -2.11. The molecule has 0 unspecified atom stereocenters. The maximum Gasteiger partial charge on any atom is 0.125 e. The van der Waals surface area contributed by atoms with Crippen molar-refractivity contribution in [3.63, 3.8) is 0 Å². The molecule has 2 aromatic rings. The Morgan fingerprint density at radius 3 is 2.33 bits per heavy atom. The summed E-state index contributed by atoms with van der Waals surface area (Å²) in [6, 6.07) is 13.1. The predicted molar refractivity (Wildman–Crippen MR) is 82.1 cm³/mol. The molecule has 0 bridgehead atoms. The minimum atomic E-state index is 0.391. The second-order valence-corrected chi connectivity index (χ2v) is 4.31. The highest BCUT2D eigenvalue weighted by molar-refractivity contribution is 5.80. The van der Waals surface area contributed by atoms with Crippen LogP contribution in [0.2, 0.25) is 0 Å². The first-order valence-electron chi connectivity index (χ1n) is 6.44. The van der Waals surface area contributed by atoms with E-state index >= 15 is 0 Å². The van der Waals surface area contributed by atoms with Gasteiger partial charge in [0.15, 0.2) is 0 Å². The van der Waals surface area contributed by atoms with Gasteiger partial charge in [0.25, 0.3) is 0 Å². The smallest absolute Gasteiger partial charge is 0.125 e. The minimum absolute atomic E-state index is 0.391. The van der Waals surface area contributed by atoms with Crippen molar-refractivity contribution in [2.45, 2.75) is 6.61 Å². The van der Waals surface area contributed by atoms with Gasteiger partial charge in [-0.15, -0.1) is 0 Å². The van der Waals surface area contributed by atoms with E-state index in [1.807, 2.05) is 42.5 Å². The molecule has 5 heteroatoms. The molecule has 0 fully saturated rings. The maximum atomic E-state index is 5.76. The van der Waals surface area contributed by atoms with Crippen LogP contribution in [-0.2, 0) is 6.61 Å². The second kappa shape index (κ2) is 7.19. The summed E-state index contributed by atoms with van der Waals surface area (Å²) in [7, 11) is 3.26. The average molecular weight is 286 g/mol. The number of hydrazone groups is 1. The van der Waals surface area contributed by atoms with Crippen LogP contribution in [0.15, 0.2) is 47.6 Å². The van der Waals surface area contributed by atoms with Crippen molar-refractivity contribution in [2.75, 3.05) is 14.2 Å². The third-order valence-electron chi connectivity index (χ3n) is 2.98. The molecule has 0 amide bonds. The number of rotatable bonds is 6. The molecule has 2 N–H and O–H groups in total. The highest BCUT2D eigenvalue weighted by Crippen LogP contribution is 2.23. The van der Waals surface area contributed by atoms with Gasteiger partial charge in [-0.25, -0.2) is 0 Å². The molecule has 0 atom stereocenters. The van der Waals surface area contributed by atoms with Crippen LogP contribution in [0.25, 0.3) is 0 Å². The number of methoxy groups -OCH3 is 2. The quantitative estimate of drug-likeness (QED) is 0.503. The van der Waals surface area contributed by atoms with Crippen LogP contribution in [0.3, 0.4) is 0 Å². The molecule has 0 saturated heterocycles. The number of benzene rings is 2. The molecule has 0 aliphatic rings. The third kappa shape index (κ3) is 3.89. The monoisotopic (exact) mass is 286 g/mol. The second-order valence-electron chi connectivity index (χ2n) is 4.31. The minimum Gasteiger partial charge on any atom is -0.497 e. The Hall–Kier alpha value is -2.69. The van der Waals surface area contributed by atoms with E-state index in [2.05, 4.69) is 5.10 Å². The molecule has 21 heavy (non-hydrogen) atoms. The summed E-state index contributed by atoms with van der Waals surface area (Å²) in [6.07, 6.45) is 1.58.